The molecule has 0 atom stereocenters. The van der Waals surface area contributed by atoms with Gasteiger partial charge in [0.2, 0.25) is 5.91 Å². The number of carbonyl (C=O) groups is 1. The predicted octanol–water partition coefficient (Wildman–Crippen LogP) is 5.62. The summed E-state index contributed by atoms with van der Waals surface area (Å²) in [6, 6.07) is 11.0. The number of nitrogens with zero attached hydrogens (tertiary/aromatic N) is 1. The van der Waals surface area contributed by atoms with Gasteiger partial charge in [-0.2, -0.15) is 0 Å². The molecule has 1 amide bonds. The number of hydrogen-bond acceptors (Lipinski definition) is 5. The summed E-state index contributed by atoms with van der Waals surface area (Å²) in [5.41, 5.74) is 1.44. The van der Waals surface area contributed by atoms with Crippen LogP contribution in [0, 0.1) is 0 Å². The molecule has 0 aliphatic rings. The Hall–Kier alpha value is -2.51. The Morgan fingerprint density at radius 1 is 0.969 bits per heavy atom. The second-order valence-electron chi connectivity index (χ2n) is 7.26. The fourth-order valence-electron chi connectivity index (χ4n) is 3.30. The molecule has 0 unspecified atom stereocenters. The minimum absolute atomic E-state index is 0.250. The Bertz CT molecular complexity index is 896. The number of nitrogens with one attached hydrogen (secondary N) is 1. The molecular formula is C25H33BrN2O4. The van der Waals surface area contributed by atoms with Gasteiger partial charge in [0.1, 0.15) is 12.4 Å². The van der Waals surface area contributed by atoms with Crippen molar-refractivity contribution in [1.82, 2.24) is 4.90 Å². The number of benzene rings is 2. The number of carbonyl (C=O) groups excluding carboxylic acids is 1. The average Bonchev–Trinajstić information content (AvgIpc) is 2.78. The van der Waals surface area contributed by atoms with Crippen LogP contribution in [0.1, 0.15) is 32.3 Å². The van der Waals surface area contributed by atoms with Crippen LogP contribution in [-0.2, 0) is 4.79 Å². The van der Waals surface area contributed by atoms with Gasteiger partial charge in [-0.3, -0.25) is 9.69 Å². The van der Waals surface area contributed by atoms with Gasteiger partial charge in [0.15, 0.2) is 11.5 Å². The van der Waals surface area contributed by atoms with E-state index in [1.807, 2.05) is 18.2 Å². The Labute approximate surface area is 199 Å². The highest BCUT2D eigenvalue weighted by Crippen LogP contribution is 2.30. The lowest BCUT2D eigenvalue weighted by atomic mass is 10.2. The smallest absolute Gasteiger partial charge is 0.248 e. The predicted molar refractivity (Wildman–Crippen MR) is 134 cm³/mol. The Kier molecular flexibility index (Phi) is 11.1. The van der Waals surface area contributed by atoms with Crippen LogP contribution in [0.25, 0.3) is 6.08 Å². The number of amides is 1. The van der Waals surface area contributed by atoms with Crippen LogP contribution in [0.5, 0.6) is 17.2 Å². The molecule has 0 radical (unpaired) electrons. The molecule has 2 aromatic rings. The first-order valence-electron chi connectivity index (χ1n) is 10.9. The zero-order valence-electron chi connectivity index (χ0n) is 19.3. The summed E-state index contributed by atoms with van der Waals surface area (Å²) in [4.78, 5) is 14.8. The molecule has 0 bridgehead atoms. The van der Waals surface area contributed by atoms with Crippen molar-refractivity contribution in [3.63, 3.8) is 0 Å². The van der Waals surface area contributed by atoms with E-state index in [4.69, 9.17) is 14.2 Å². The Morgan fingerprint density at radius 2 is 1.66 bits per heavy atom. The van der Waals surface area contributed by atoms with Gasteiger partial charge >= 0.3 is 0 Å². The summed E-state index contributed by atoms with van der Waals surface area (Å²) in [7, 11) is 3.21. The van der Waals surface area contributed by atoms with E-state index in [0.717, 1.165) is 42.5 Å². The van der Waals surface area contributed by atoms with Crippen molar-refractivity contribution in [3.05, 3.63) is 52.5 Å². The highest BCUT2D eigenvalue weighted by molar-refractivity contribution is 9.10. The molecule has 0 saturated carbocycles. The topological polar surface area (TPSA) is 60.0 Å². The van der Waals surface area contributed by atoms with Crippen molar-refractivity contribution < 1.29 is 19.0 Å². The van der Waals surface area contributed by atoms with Gasteiger partial charge in [-0.05, 0) is 62.3 Å². The van der Waals surface area contributed by atoms with E-state index >= 15 is 0 Å². The molecule has 1 N–H and O–H groups in total. The molecule has 174 valence electrons. The Balaban J connectivity index is 2.03. The molecule has 2 aromatic carbocycles. The van der Waals surface area contributed by atoms with E-state index in [1.165, 1.54) is 6.08 Å². The van der Waals surface area contributed by atoms with Gasteiger partial charge in [-0.25, -0.2) is 0 Å². The molecule has 2 rings (SSSR count). The first-order valence-corrected chi connectivity index (χ1v) is 11.7. The number of methoxy groups -OCH3 is 2. The van der Waals surface area contributed by atoms with E-state index in [2.05, 4.69) is 40.0 Å². The maximum atomic E-state index is 12.5. The van der Waals surface area contributed by atoms with Crippen molar-refractivity contribution in [3.8, 4) is 17.2 Å². The van der Waals surface area contributed by atoms with E-state index in [-0.39, 0.29) is 5.91 Å². The highest BCUT2D eigenvalue weighted by Gasteiger charge is 2.09. The van der Waals surface area contributed by atoms with Crippen molar-refractivity contribution in [2.24, 2.45) is 0 Å². The van der Waals surface area contributed by atoms with Crippen molar-refractivity contribution in [2.45, 2.75) is 26.7 Å². The van der Waals surface area contributed by atoms with Crippen LogP contribution >= 0.6 is 15.9 Å². The van der Waals surface area contributed by atoms with Crippen LogP contribution < -0.4 is 19.5 Å². The first kappa shape index (κ1) is 25.7. The summed E-state index contributed by atoms with van der Waals surface area (Å²) in [6.07, 6.45) is 5.42. The van der Waals surface area contributed by atoms with Gasteiger partial charge < -0.3 is 19.5 Å². The lowest BCUT2D eigenvalue weighted by Gasteiger charge is -2.21. The van der Waals surface area contributed by atoms with E-state index < -0.39 is 0 Å². The number of ether oxygens (including phenoxy) is 3. The average molecular weight is 505 g/mol. The van der Waals surface area contributed by atoms with E-state index in [9.17, 15) is 4.79 Å². The number of halogens is 1. The summed E-state index contributed by atoms with van der Waals surface area (Å²) in [6.45, 7) is 7.87. The molecule has 0 saturated heterocycles. The van der Waals surface area contributed by atoms with Gasteiger partial charge in [0, 0.05) is 34.4 Å². The van der Waals surface area contributed by atoms with Crippen molar-refractivity contribution in [2.75, 3.05) is 45.8 Å². The normalized spacial score (nSPS) is 11.1. The number of anilines is 1. The van der Waals surface area contributed by atoms with Gasteiger partial charge in [0.05, 0.1) is 14.2 Å². The van der Waals surface area contributed by atoms with Gasteiger partial charge in [0.25, 0.3) is 0 Å². The molecule has 6 nitrogen and oxygen atoms in total. The lowest BCUT2D eigenvalue weighted by Crippen LogP contribution is -2.30. The van der Waals surface area contributed by atoms with E-state index in [1.54, 1.807) is 38.5 Å². The maximum absolute atomic E-state index is 12.5. The molecular weight excluding hydrogens is 472 g/mol. The quantitative estimate of drug-likeness (QED) is 0.358. The number of rotatable bonds is 13. The SMILES string of the molecule is CCCN(CCC)CCOc1cc(NC(=O)C=Cc2cc(Br)ccc2OC)ccc1OC. The van der Waals surface area contributed by atoms with Gasteiger partial charge in [-0.15, -0.1) is 0 Å². The molecule has 0 aliphatic heterocycles. The molecule has 0 heterocycles. The lowest BCUT2D eigenvalue weighted by molar-refractivity contribution is -0.111. The van der Waals surface area contributed by atoms with Crippen molar-refractivity contribution >= 4 is 33.6 Å². The zero-order chi connectivity index (χ0) is 23.3. The van der Waals surface area contributed by atoms with Crippen molar-refractivity contribution in [1.29, 1.82) is 0 Å². The maximum Gasteiger partial charge on any atom is 0.248 e. The minimum atomic E-state index is -0.250. The van der Waals surface area contributed by atoms with Crippen LogP contribution in [0.3, 0.4) is 0 Å². The molecule has 0 aliphatic carbocycles. The number of hydrogen-bond donors (Lipinski definition) is 1. The van der Waals surface area contributed by atoms with E-state index in [0.29, 0.717) is 29.5 Å². The summed E-state index contributed by atoms with van der Waals surface area (Å²) >= 11 is 3.44. The summed E-state index contributed by atoms with van der Waals surface area (Å²) < 4.78 is 17.7. The summed E-state index contributed by atoms with van der Waals surface area (Å²) in [5.74, 6) is 1.68. The Morgan fingerprint density at radius 3 is 2.31 bits per heavy atom. The third-order valence-electron chi connectivity index (χ3n) is 4.78. The zero-order valence-corrected chi connectivity index (χ0v) is 20.9. The minimum Gasteiger partial charge on any atom is -0.496 e. The highest BCUT2D eigenvalue weighted by atomic mass is 79.9. The second kappa shape index (κ2) is 13.8. The molecule has 0 fully saturated rings. The second-order valence-corrected chi connectivity index (χ2v) is 8.18. The molecule has 0 spiro atoms. The largest absolute Gasteiger partial charge is 0.496 e. The van der Waals surface area contributed by atoms with Crippen LogP contribution in [-0.4, -0.2) is 51.3 Å². The summed E-state index contributed by atoms with van der Waals surface area (Å²) in [5, 5.41) is 2.87. The monoisotopic (exact) mass is 504 g/mol. The fraction of sp³-hybridized carbons (Fsp3) is 0.400. The standard InChI is InChI=1S/C25H33BrN2O4/c1-5-13-28(14-6-2)15-16-32-24-18-21(9-11-23(24)31-4)27-25(29)12-7-19-17-20(26)8-10-22(19)30-3/h7-12,17-18H,5-6,13-16H2,1-4H3,(H,27,29). The van der Waals surface area contributed by atoms with Crippen LogP contribution in [0.4, 0.5) is 5.69 Å². The van der Waals surface area contributed by atoms with Crippen LogP contribution in [0.15, 0.2) is 46.9 Å². The molecule has 32 heavy (non-hydrogen) atoms. The third-order valence-corrected chi connectivity index (χ3v) is 5.28. The third kappa shape index (κ3) is 8.20. The fourth-order valence-corrected chi connectivity index (χ4v) is 3.68. The molecule has 0 aromatic heterocycles. The van der Waals surface area contributed by atoms with Crippen LogP contribution in [0.2, 0.25) is 0 Å². The first-order chi connectivity index (χ1) is 15.5. The van der Waals surface area contributed by atoms with Gasteiger partial charge in [-0.1, -0.05) is 29.8 Å². The molecule has 7 heteroatoms.